The van der Waals surface area contributed by atoms with Crippen LogP contribution in [0.1, 0.15) is 38.7 Å². The first-order valence-corrected chi connectivity index (χ1v) is 6.49. The maximum absolute atomic E-state index is 12.7. The lowest BCUT2D eigenvalue weighted by molar-refractivity contribution is -0.118. The van der Waals surface area contributed by atoms with Gasteiger partial charge in [0.1, 0.15) is 11.6 Å². The van der Waals surface area contributed by atoms with Gasteiger partial charge in [0.25, 0.3) is 0 Å². The van der Waals surface area contributed by atoms with Crippen molar-refractivity contribution in [3.8, 4) is 0 Å². The zero-order valence-electron chi connectivity index (χ0n) is 11.2. The Kier molecular flexibility index (Phi) is 5.99. The van der Waals surface area contributed by atoms with Crippen molar-refractivity contribution in [2.45, 2.75) is 45.6 Å². The van der Waals surface area contributed by atoms with Gasteiger partial charge in [-0.15, -0.1) is 0 Å². The van der Waals surface area contributed by atoms with Gasteiger partial charge < -0.3 is 5.73 Å². The van der Waals surface area contributed by atoms with E-state index in [0.717, 1.165) is 31.2 Å². The van der Waals surface area contributed by atoms with Crippen molar-refractivity contribution in [3.05, 3.63) is 35.6 Å². The van der Waals surface area contributed by atoms with Crippen molar-refractivity contribution >= 4 is 5.78 Å². The van der Waals surface area contributed by atoms with E-state index in [4.69, 9.17) is 5.73 Å². The van der Waals surface area contributed by atoms with E-state index in [9.17, 15) is 9.18 Å². The molecule has 0 aliphatic heterocycles. The van der Waals surface area contributed by atoms with E-state index in [1.807, 2.05) is 12.1 Å². The van der Waals surface area contributed by atoms with Crippen molar-refractivity contribution in [1.82, 2.24) is 0 Å². The van der Waals surface area contributed by atoms with E-state index in [0.29, 0.717) is 5.92 Å². The molecule has 0 amide bonds. The molecule has 3 heteroatoms. The summed E-state index contributed by atoms with van der Waals surface area (Å²) in [7, 11) is 0. The van der Waals surface area contributed by atoms with Crippen LogP contribution in [0.25, 0.3) is 0 Å². The number of nitrogens with two attached hydrogens (primary N) is 1. The van der Waals surface area contributed by atoms with Gasteiger partial charge in [0.2, 0.25) is 0 Å². The van der Waals surface area contributed by atoms with Gasteiger partial charge in [-0.2, -0.15) is 0 Å². The van der Waals surface area contributed by atoms with Crippen LogP contribution in [0.3, 0.4) is 0 Å². The molecule has 0 aromatic heterocycles. The molecule has 1 rings (SSSR count). The largest absolute Gasteiger partial charge is 0.322 e. The van der Waals surface area contributed by atoms with Crippen LogP contribution in [0.4, 0.5) is 4.39 Å². The highest BCUT2D eigenvalue weighted by Crippen LogP contribution is 2.15. The Morgan fingerprint density at radius 2 is 1.94 bits per heavy atom. The first-order valence-electron chi connectivity index (χ1n) is 6.49. The topological polar surface area (TPSA) is 43.1 Å². The summed E-state index contributed by atoms with van der Waals surface area (Å²) < 4.78 is 12.7. The number of aryl methyl sites for hydroxylation is 1. The standard InChI is InChI=1S/C15H22FNO/c1-11(10-15(17)12(2)18)4-3-5-13-6-8-14(16)9-7-13/h6-9,11,15H,3-5,10,17H2,1-2H3/t11-,15-/m0/s1. The van der Waals surface area contributed by atoms with Gasteiger partial charge in [-0.05, 0) is 49.8 Å². The summed E-state index contributed by atoms with van der Waals surface area (Å²) >= 11 is 0. The molecule has 0 saturated carbocycles. The monoisotopic (exact) mass is 251 g/mol. The summed E-state index contributed by atoms with van der Waals surface area (Å²) in [6.07, 6.45) is 3.77. The van der Waals surface area contributed by atoms with Gasteiger partial charge in [0, 0.05) is 0 Å². The molecule has 2 atom stereocenters. The number of carbonyl (C=O) groups is 1. The average molecular weight is 251 g/mol. The number of ketones is 1. The average Bonchev–Trinajstić information content (AvgIpc) is 2.31. The molecule has 0 unspecified atom stereocenters. The molecule has 0 radical (unpaired) electrons. The van der Waals surface area contributed by atoms with Crippen molar-refractivity contribution in [1.29, 1.82) is 0 Å². The second-order valence-electron chi connectivity index (χ2n) is 5.08. The van der Waals surface area contributed by atoms with Crippen LogP contribution >= 0.6 is 0 Å². The second kappa shape index (κ2) is 7.27. The fraction of sp³-hybridized carbons (Fsp3) is 0.533. The summed E-state index contributed by atoms with van der Waals surface area (Å²) in [5, 5.41) is 0. The fourth-order valence-corrected chi connectivity index (χ4v) is 2.02. The van der Waals surface area contributed by atoms with Crippen molar-refractivity contribution in [2.75, 3.05) is 0 Å². The molecule has 18 heavy (non-hydrogen) atoms. The van der Waals surface area contributed by atoms with E-state index in [1.54, 1.807) is 0 Å². The molecule has 0 bridgehead atoms. The molecule has 2 nitrogen and oxygen atoms in total. The van der Waals surface area contributed by atoms with Crippen LogP contribution in [0.15, 0.2) is 24.3 Å². The molecule has 0 aliphatic carbocycles. The van der Waals surface area contributed by atoms with Crippen LogP contribution in [0.2, 0.25) is 0 Å². The summed E-state index contributed by atoms with van der Waals surface area (Å²) in [4.78, 5) is 11.0. The third-order valence-electron chi connectivity index (χ3n) is 3.25. The molecule has 0 fully saturated rings. The lowest BCUT2D eigenvalue weighted by Crippen LogP contribution is -2.30. The quantitative estimate of drug-likeness (QED) is 0.809. The Hall–Kier alpha value is -1.22. The SMILES string of the molecule is CC(=O)[C@@H](N)C[C@@H](C)CCCc1ccc(F)cc1. The number of benzene rings is 1. The maximum Gasteiger partial charge on any atom is 0.146 e. The highest BCUT2D eigenvalue weighted by Gasteiger charge is 2.12. The third-order valence-corrected chi connectivity index (χ3v) is 3.25. The van der Waals surface area contributed by atoms with Gasteiger partial charge >= 0.3 is 0 Å². The number of Topliss-reactive ketones (excluding diaryl/α,β-unsaturated/α-hetero) is 1. The summed E-state index contributed by atoms with van der Waals surface area (Å²) in [6.45, 7) is 3.66. The molecular weight excluding hydrogens is 229 g/mol. The molecule has 0 heterocycles. The molecule has 100 valence electrons. The van der Waals surface area contributed by atoms with Crippen LogP contribution in [0.5, 0.6) is 0 Å². The smallest absolute Gasteiger partial charge is 0.146 e. The van der Waals surface area contributed by atoms with E-state index >= 15 is 0 Å². The third kappa shape index (κ3) is 5.41. The second-order valence-corrected chi connectivity index (χ2v) is 5.08. The first-order chi connectivity index (χ1) is 8.49. The molecule has 0 aliphatic rings. The van der Waals surface area contributed by atoms with Crippen LogP contribution in [0, 0.1) is 11.7 Å². The highest BCUT2D eigenvalue weighted by molar-refractivity contribution is 5.81. The molecule has 0 saturated heterocycles. The number of hydrogen-bond donors (Lipinski definition) is 1. The van der Waals surface area contributed by atoms with Gasteiger partial charge in [-0.3, -0.25) is 4.79 Å². The van der Waals surface area contributed by atoms with Gasteiger partial charge in [-0.1, -0.05) is 25.5 Å². The van der Waals surface area contributed by atoms with Crippen LogP contribution < -0.4 is 5.73 Å². The van der Waals surface area contributed by atoms with E-state index in [2.05, 4.69) is 6.92 Å². The number of hydrogen-bond acceptors (Lipinski definition) is 2. The summed E-state index contributed by atoms with van der Waals surface area (Å²) in [6, 6.07) is 6.29. The van der Waals surface area contributed by atoms with Crippen molar-refractivity contribution in [2.24, 2.45) is 11.7 Å². The lowest BCUT2D eigenvalue weighted by Gasteiger charge is -2.14. The Morgan fingerprint density at radius 1 is 1.33 bits per heavy atom. The number of halogens is 1. The van der Waals surface area contributed by atoms with E-state index in [-0.39, 0.29) is 17.6 Å². The van der Waals surface area contributed by atoms with Crippen LogP contribution in [-0.2, 0) is 11.2 Å². The molecular formula is C15H22FNO. The van der Waals surface area contributed by atoms with Gasteiger partial charge in [0.15, 0.2) is 0 Å². The first kappa shape index (κ1) is 14.8. The highest BCUT2D eigenvalue weighted by atomic mass is 19.1. The fourth-order valence-electron chi connectivity index (χ4n) is 2.02. The lowest BCUT2D eigenvalue weighted by atomic mass is 9.94. The molecule has 1 aromatic carbocycles. The van der Waals surface area contributed by atoms with E-state index < -0.39 is 0 Å². The van der Waals surface area contributed by atoms with Crippen molar-refractivity contribution in [3.63, 3.8) is 0 Å². The normalized spacial score (nSPS) is 14.2. The van der Waals surface area contributed by atoms with Crippen LogP contribution in [-0.4, -0.2) is 11.8 Å². The minimum Gasteiger partial charge on any atom is -0.322 e. The number of carbonyl (C=O) groups excluding carboxylic acids is 1. The predicted molar refractivity (Wildman–Crippen MR) is 71.8 cm³/mol. The Labute approximate surface area is 108 Å². The Bertz CT molecular complexity index is 375. The molecule has 2 N–H and O–H groups in total. The Morgan fingerprint density at radius 3 is 2.50 bits per heavy atom. The van der Waals surface area contributed by atoms with Crippen molar-refractivity contribution < 1.29 is 9.18 Å². The van der Waals surface area contributed by atoms with Gasteiger partial charge in [0.05, 0.1) is 6.04 Å². The number of rotatable bonds is 7. The zero-order chi connectivity index (χ0) is 13.5. The molecule has 0 spiro atoms. The maximum atomic E-state index is 12.7. The zero-order valence-corrected chi connectivity index (χ0v) is 11.2. The molecule has 1 aromatic rings. The van der Waals surface area contributed by atoms with Gasteiger partial charge in [-0.25, -0.2) is 4.39 Å². The summed E-state index contributed by atoms with van der Waals surface area (Å²) in [5.41, 5.74) is 6.88. The predicted octanol–water partition coefficient (Wildman–Crippen LogP) is 3.09. The van der Waals surface area contributed by atoms with E-state index in [1.165, 1.54) is 19.1 Å². The summed E-state index contributed by atoms with van der Waals surface area (Å²) in [5.74, 6) is 0.310. The minimum absolute atomic E-state index is 0.0559. The minimum atomic E-state index is -0.328. The Balaban J connectivity index is 2.25.